The third-order valence-corrected chi connectivity index (χ3v) is 2.89. The van der Waals surface area contributed by atoms with Gasteiger partial charge in [0.05, 0.1) is 13.2 Å². The van der Waals surface area contributed by atoms with Crippen molar-refractivity contribution in [3.8, 4) is 5.75 Å². The van der Waals surface area contributed by atoms with Crippen LogP contribution in [-0.2, 0) is 4.74 Å². The Morgan fingerprint density at radius 3 is 3.13 bits per heavy atom. The molecule has 0 bridgehead atoms. The van der Waals surface area contributed by atoms with Crippen molar-refractivity contribution in [2.75, 3.05) is 19.8 Å². The Labute approximate surface area is 96.5 Å². The molecule has 4 heteroatoms. The van der Waals surface area contributed by atoms with E-state index in [9.17, 15) is 4.39 Å². The van der Waals surface area contributed by atoms with E-state index in [0.29, 0.717) is 18.3 Å². The molecular formula is C11H12BrFO2. The topological polar surface area (TPSA) is 18.5 Å². The fourth-order valence-corrected chi connectivity index (χ4v) is 1.85. The molecule has 82 valence electrons. The second-order valence-electron chi connectivity index (χ2n) is 3.62. The highest BCUT2D eigenvalue weighted by molar-refractivity contribution is 9.10. The van der Waals surface area contributed by atoms with Crippen molar-refractivity contribution in [2.45, 2.75) is 6.42 Å². The van der Waals surface area contributed by atoms with Crippen LogP contribution in [0.4, 0.5) is 4.39 Å². The van der Waals surface area contributed by atoms with Gasteiger partial charge in [-0.25, -0.2) is 4.39 Å². The number of ether oxygens (including phenoxy) is 2. The lowest BCUT2D eigenvalue weighted by molar-refractivity contribution is 0.165. The number of benzene rings is 1. The van der Waals surface area contributed by atoms with E-state index in [0.717, 1.165) is 24.1 Å². The molecule has 0 radical (unpaired) electrons. The molecule has 0 aromatic heterocycles. The maximum atomic E-state index is 13.3. The lowest BCUT2D eigenvalue weighted by Crippen LogP contribution is -2.12. The summed E-state index contributed by atoms with van der Waals surface area (Å²) in [5.41, 5.74) is 0. The van der Waals surface area contributed by atoms with Crippen molar-refractivity contribution >= 4 is 15.9 Å². The highest BCUT2D eigenvalue weighted by atomic mass is 79.9. The van der Waals surface area contributed by atoms with Crippen molar-refractivity contribution in [3.63, 3.8) is 0 Å². The molecule has 1 heterocycles. The first-order valence-electron chi connectivity index (χ1n) is 4.91. The Morgan fingerprint density at radius 2 is 2.40 bits per heavy atom. The molecule has 2 nitrogen and oxygen atoms in total. The minimum absolute atomic E-state index is 0.302. The standard InChI is InChI=1S/C11H12BrFO2/c12-9-1-2-10(13)11(5-9)15-7-8-3-4-14-6-8/h1-2,5,8H,3-4,6-7H2. The summed E-state index contributed by atoms with van der Waals surface area (Å²) >= 11 is 3.28. The zero-order chi connectivity index (χ0) is 10.7. The molecule has 0 saturated carbocycles. The van der Waals surface area contributed by atoms with Gasteiger partial charge in [0.2, 0.25) is 0 Å². The number of hydrogen-bond donors (Lipinski definition) is 0. The van der Waals surface area contributed by atoms with Gasteiger partial charge in [-0.15, -0.1) is 0 Å². The van der Waals surface area contributed by atoms with Gasteiger partial charge in [0.25, 0.3) is 0 Å². The first-order chi connectivity index (χ1) is 7.25. The molecule has 1 aromatic carbocycles. The minimum Gasteiger partial charge on any atom is -0.490 e. The molecule has 0 amide bonds. The number of halogens is 2. The van der Waals surface area contributed by atoms with E-state index in [1.54, 1.807) is 12.1 Å². The summed E-state index contributed by atoms with van der Waals surface area (Å²) in [5, 5.41) is 0. The van der Waals surface area contributed by atoms with Crippen LogP contribution in [-0.4, -0.2) is 19.8 Å². The monoisotopic (exact) mass is 274 g/mol. The molecule has 1 fully saturated rings. The summed E-state index contributed by atoms with van der Waals surface area (Å²) < 4.78 is 24.7. The summed E-state index contributed by atoms with van der Waals surface area (Å²) in [6.45, 7) is 2.03. The maximum absolute atomic E-state index is 13.3. The van der Waals surface area contributed by atoms with Crippen LogP contribution in [0.1, 0.15) is 6.42 Å². The predicted octanol–water partition coefficient (Wildman–Crippen LogP) is 3.00. The Bertz CT molecular complexity index is 337. The molecule has 1 aliphatic rings. The molecule has 2 rings (SSSR count). The van der Waals surface area contributed by atoms with Gasteiger partial charge in [0.1, 0.15) is 0 Å². The normalized spacial score (nSPS) is 20.5. The molecule has 0 aliphatic carbocycles. The van der Waals surface area contributed by atoms with Crippen LogP contribution >= 0.6 is 15.9 Å². The Balaban J connectivity index is 1.94. The first-order valence-corrected chi connectivity index (χ1v) is 5.70. The average molecular weight is 275 g/mol. The zero-order valence-electron chi connectivity index (χ0n) is 8.21. The van der Waals surface area contributed by atoms with Gasteiger partial charge in [-0.3, -0.25) is 0 Å². The van der Waals surface area contributed by atoms with Crippen LogP contribution in [0.2, 0.25) is 0 Å². The quantitative estimate of drug-likeness (QED) is 0.844. The summed E-state index contributed by atoms with van der Waals surface area (Å²) in [6, 6.07) is 4.69. The van der Waals surface area contributed by atoms with Gasteiger partial charge in [-0.05, 0) is 24.6 Å². The van der Waals surface area contributed by atoms with E-state index in [1.165, 1.54) is 6.07 Å². The molecule has 1 aliphatic heterocycles. The molecule has 15 heavy (non-hydrogen) atoms. The molecule has 0 N–H and O–H groups in total. The molecule has 1 saturated heterocycles. The third kappa shape index (κ3) is 2.92. The van der Waals surface area contributed by atoms with Crippen molar-refractivity contribution in [2.24, 2.45) is 5.92 Å². The van der Waals surface area contributed by atoms with Crippen LogP contribution in [0.15, 0.2) is 22.7 Å². The van der Waals surface area contributed by atoms with Crippen molar-refractivity contribution < 1.29 is 13.9 Å². The van der Waals surface area contributed by atoms with E-state index in [2.05, 4.69) is 15.9 Å². The fourth-order valence-electron chi connectivity index (χ4n) is 1.51. The average Bonchev–Trinajstić information content (AvgIpc) is 2.72. The van der Waals surface area contributed by atoms with Crippen LogP contribution in [0, 0.1) is 11.7 Å². The Kier molecular flexibility index (Phi) is 3.59. The number of rotatable bonds is 3. The van der Waals surface area contributed by atoms with Gasteiger partial charge in [0, 0.05) is 17.0 Å². The molecule has 0 spiro atoms. The van der Waals surface area contributed by atoms with Crippen LogP contribution < -0.4 is 4.74 Å². The summed E-state index contributed by atoms with van der Waals surface area (Å²) in [5.74, 6) is 0.372. The van der Waals surface area contributed by atoms with Crippen molar-refractivity contribution in [1.82, 2.24) is 0 Å². The van der Waals surface area contributed by atoms with Crippen molar-refractivity contribution in [1.29, 1.82) is 0 Å². The number of hydrogen-bond acceptors (Lipinski definition) is 2. The minimum atomic E-state index is -0.322. The predicted molar refractivity (Wildman–Crippen MR) is 58.5 cm³/mol. The van der Waals surface area contributed by atoms with Gasteiger partial charge in [0.15, 0.2) is 11.6 Å². The van der Waals surface area contributed by atoms with Crippen molar-refractivity contribution in [3.05, 3.63) is 28.5 Å². The molecule has 1 unspecified atom stereocenters. The summed E-state index contributed by atoms with van der Waals surface area (Å²) in [6.07, 6.45) is 0.996. The van der Waals surface area contributed by atoms with E-state index in [4.69, 9.17) is 9.47 Å². The largest absolute Gasteiger partial charge is 0.490 e. The first kappa shape index (κ1) is 10.9. The van der Waals surface area contributed by atoms with E-state index < -0.39 is 0 Å². The maximum Gasteiger partial charge on any atom is 0.165 e. The third-order valence-electron chi connectivity index (χ3n) is 2.39. The van der Waals surface area contributed by atoms with Crippen LogP contribution in [0.3, 0.4) is 0 Å². The zero-order valence-corrected chi connectivity index (χ0v) is 9.80. The van der Waals surface area contributed by atoms with E-state index >= 15 is 0 Å². The lowest BCUT2D eigenvalue weighted by Gasteiger charge is -2.11. The van der Waals surface area contributed by atoms with Gasteiger partial charge in [-0.2, -0.15) is 0 Å². The highest BCUT2D eigenvalue weighted by Crippen LogP contribution is 2.23. The molecule has 1 atom stereocenters. The van der Waals surface area contributed by atoms with Crippen LogP contribution in [0.5, 0.6) is 5.75 Å². The Hall–Kier alpha value is -0.610. The van der Waals surface area contributed by atoms with E-state index in [-0.39, 0.29) is 5.82 Å². The fraction of sp³-hybridized carbons (Fsp3) is 0.455. The second kappa shape index (κ2) is 4.94. The van der Waals surface area contributed by atoms with E-state index in [1.807, 2.05) is 0 Å². The summed E-state index contributed by atoms with van der Waals surface area (Å²) in [7, 11) is 0. The summed E-state index contributed by atoms with van der Waals surface area (Å²) in [4.78, 5) is 0. The van der Waals surface area contributed by atoms with Crippen LogP contribution in [0.25, 0.3) is 0 Å². The molecule has 1 aromatic rings. The smallest absolute Gasteiger partial charge is 0.165 e. The molecular weight excluding hydrogens is 263 g/mol. The van der Waals surface area contributed by atoms with Gasteiger partial charge >= 0.3 is 0 Å². The Morgan fingerprint density at radius 1 is 1.53 bits per heavy atom. The second-order valence-corrected chi connectivity index (χ2v) is 4.53. The lowest BCUT2D eigenvalue weighted by atomic mass is 10.1. The highest BCUT2D eigenvalue weighted by Gasteiger charge is 2.17. The van der Waals surface area contributed by atoms with Gasteiger partial charge in [-0.1, -0.05) is 15.9 Å². The SMILES string of the molecule is Fc1ccc(Br)cc1OCC1CCOC1. The van der Waals surface area contributed by atoms with Gasteiger partial charge < -0.3 is 9.47 Å².